The van der Waals surface area contributed by atoms with Crippen LogP contribution in [0.4, 0.5) is 4.39 Å². The minimum absolute atomic E-state index is 0.0801. The number of amides is 1. The van der Waals surface area contributed by atoms with Crippen molar-refractivity contribution in [1.29, 1.82) is 0 Å². The van der Waals surface area contributed by atoms with Gasteiger partial charge in [0.05, 0.1) is 0 Å². The number of halogens is 1. The van der Waals surface area contributed by atoms with Gasteiger partial charge in [-0.2, -0.15) is 0 Å². The fourth-order valence-electron chi connectivity index (χ4n) is 4.02. The molecular weight excluding hydrogens is 463 g/mol. The van der Waals surface area contributed by atoms with E-state index < -0.39 is 5.82 Å². The van der Waals surface area contributed by atoms with E-state index in [1.54, 1.807) is 30.0 Å². The van der Waals surface area contributed by atoms with E-state index in [1.807, 2.05) is 64.1 Å². The topological polar surface area (TPSA) is 60.2 Å². The standard InChI is InChI=1S/C27H25FN4O2S/c28-23-10-4-5-11-24(23)34-18-25-29-30-27(32(25)22-8-2-1-3-9-22)35-19-20-12-14-21(15-13-20)26(33)31-16-6-7-17-31/h1-5,8-15H,6-7,16-19H2. The molecule has 0 N–H and O–H groups in total. The zero-order valence-corrected chi connectivity index (χ0v) is 20.0. The van der Waals surface area contributed by atoms with E-state index in [4.69, 9.17) is 4.74 Å². The van der Waals surface area contributed by atoms with Crippen LogP contribution in [0, 0.1) is 5.82 Å². The van der Waals surface area contributed by atoms with Gasteiger partial charge in [0.2, 0.25) is 0 Å². The molecule has 3 aromatic carbocycles. The van der Waals surface area contributed by atoms with Gasteiger partial charge in [0, 0.05) is 30.1 Å². The van der Waals surface area contributed by atoms with Crippen molar-refractivity contribution >= 4 is 17.7 Å². The lowest BCUT2D eigenvalue weighted by Crippen LogP contribution is -2.27. The Morgan fingerprint density at radius 3 is 2.37 bits per heavy atom. The SMILES string of the molecule is O=C(c1ccc(CSc2nnc(COc3ccccc3F)n2-c2ccccc2)cc1)N1CCCC1. The van der Waals surface area contributed by atoms with E-state index in [0.717, 1.165) is 42.7 Å². The molecule has 0 aliphatic carbocycles. The van der Waals surface area contributed by atoms with Crippen molar-refractivity contribution in [3.8, 4) is 11.4 Å². The molecule has 0 unspecified atom stereocenters. The third-order valence-electron chi connectivity index (χ3n) is 5.87. The molecule has 1 aliphatic heterocycles. The van der Waals surface area contributed by atoms with Crippen LogP contribution >= 0.6 is 11.8 Å². The lowest BCUT2D eigenvalue weighted by Gasteiger charge is -2.15. The molecule has 5 rings (SSSR count). The fourth-order valence-corrected chi connectivity index (χ4v) is 4.95. The number of carbonyl (C=O) groups is 1. The summed E-state index contributed by atoms with van der Waals surface area (Å²) in [5, 5.41) is 9.42. The highest BCUT2D eigenvalue weighted by Crippen LogP contribution is 2.27. The Balaban J connectivity index is 1.31. The smallest absolute Gasteiger partial charge is 0.253 e. The van der Waals surface area contributed by atoms with Gasteiger partial charge in [-0.15, -0.1) is 10.2 Å². The minimum atomic E-state index is -0.417. The number of carbonyl (C=O) groups excluding carboxylic acids is 1. The van der Waals surface area contributed by atoms with Crippen molar-refractivity contribution in [3.63, 3.8) is 0 Å². The highest BCUT2D eigenvalue weighted by Gasteiger charge is 2.20. The monoisotopic (exact) mass is 488 g/mol. The van der Waals surface area contributed by atoms with E-state index in [9.17, 15) is 9.18 Å². The van der Waals surface area contributed by atoms with Crippen LogP contribution in [0.3, 0.4) is 0 Å². The van der Waals surface area contributed by atoms with Gasteiger partial charge >= 0.3 is 0 Å². The predicted molar refractivity (Wildman–Crippen MR) is 133 cm³/mol. The van der Waals surface area contributed by atoms with Gasteiger partial charge in [-0.25, -0.2) is 4.39 Å². The van der Waals surface area contributed by atoms with Crippen LogP contribution in [0.2, 0.25) is 0 Å². The summed E-state index contributed by atoms with van der Waals surface area (Å²) in [7, 11) is 0. The molecule has 178 valence electrons. The van der Waals surface area contributed by atoms with Crippen LogP contribution in [0.1, 0.15) is 34.6 Å². The lowest BCUT2D eigenvalue weighted by atomic mass is 10.1. The van der Waals surface area contributed by atoms with Crippen molar-refractivity contribution in [3.05, 3.63) is 102 Å². The zero-order valence-electron chi connectivity index (χ0n) is 19.1. The van der Waals surface area contributed by atoms with Crippen LogP contribution in [0.25, 0.3) is 5.69 Å². The lowest BCUT2D eigenvalue weighted by molar-refractivity contribution is 0.0793. The van der Waals surface area contributed by atoms with Gasteiger partial charge in [-0.1, -0.05) is 54.2 Å². The second-order valence-electron chi connectivity index (χ2n) is 8.27. The Hall–Kier alpha value is -3.65. The van der Waals surface area contributed by atoms with Gasteiger partial charge in [-0.05, 0) is 54.8 Å². The van der Waals surface area contributed by atoms with Crippen LogP contribution in [-0.4, -0.2) is 38.7 Å². The summed E-state index contributed by atoms with van der Waals surface area (Å²) >= 11 is 1.54. The Morgan fingerprint density at radius 2 is 1.63 bits per heavy atom. The molecule has 1 aromatic heterocycles. The van der Waals surface area contributed by atoms with Gasteiger partial charge in [-0.3, -0.25) is 9.36 Å². The Morgan fingerprint density at radius 1 is 0.914 bits per heavy atom. The number of benzene rings is 3. The zero-order chi connectivity index (χ0) is 24.0. The van der Waals surface area contributed by atoms with Crippen LogP contribution in [-0.2, 0) is 12.4 Å². The number of likely N-dealkylation sites (tertiary alicyclic amines) is 1. The first-order valence-corrected chi connectivity index (χ1v) is 12.6. The number of nitrogens with zero attached hydrogens (tertiary/aromatic N) is 4. The highest BCUT2D eigenvalue weighted by molar-refractivity contribution is 7.98. The van der Waals surface area contributed by atoms with E-state index in [0.29, 0.717) is 16.7 Å². The molecule has 35 heavy (non-hydrogen) atoms. The van der Waals surface area contributed by atoms with E-state index in [-0.39, 0.29) is 18.3 Å². The van der Waals surface area contributed by atoms with Crippen molar-refractivity contribution in [2.24, 2.45) is 0 Å². The molecule has 1 fully saturated rings. The summed E-state index contributed by atoms with van der Waals surface area (Å²) < 4.78 is 21.6. The van der Waals surface area contributed by atoms with Crippen LogP contribution < -0.4 is 4.74 Å². The Kier molecular flexibility index (Phi) is 7.09. The van der Waals surface area contributed by atoms with Crippen LogP contribution in [0.15, 0.2) is 84.0 Å². The number of ether oxygens (including phenoxy) is 1. The summed E-state index contributed by atoms with van der Waals surface area (Å²) in [5.41, 5.74) is 2.71. The van der Waals surface area contributed by atoms with Gasteiger partial charge < -0.3 is 9.64 Å². The second kappa shape index (κ2) is 10.7. The quantitative estimate of drug-likeness (QED) is 0.306. The first-order valence-electron chi connectivity index (χ1n) is 11.6. The molecule has 0 atom stereocenters. The molecule has 8 heteroatoms. The van der Waals surface area contributed by atoms with E-state index in [2.05, 4.69) is 10.2 Å². The number of thioether (sulfide) groups is 1. The first-order chi connectivity index (χ1) is 17.2. The highest BCUT2D eigenvalue weighted by atomic mass is 32.2. The number of hydrogen-bond donors (Lipinski definition) is 0. The summed E-state index contributed by atoms with van der Waals surface area (Å²) in [5.74, 6) is 1.10. The van der Waals surface area contributed by atoms with Crippen molar-refractivity contribution in [1.82, 2.24) is 19.7 Å². The molecule has 6 nitrogen and oxygen atoms in total. The molecule has 4 aromatic rings. The van der Waals surface area contributed by atoms with E-state index >= 15 is 0 Å². The number of rotatable bonds is 8. The number of hydrogen-bond acceptors (Lipinski definition) is 5. The third kappa shape index (κ3) is 5.38. The molecule has 0 bridgehead atoms. The molecule has 2 heterocycles. The molecule has 0 spiro atoms. The van der Waals surface area contributed by atoms with E-state index in [1.165, 1.54) is 6.07 Å². The third-order valence-corrected chi connectivity index (χ3v) is 6.87. The van der Waals surface area contributed by atoms with Crippen molar-refractivity contribution in [2.75, 3.05) is 13.1 Å². The Labute approximate surface area is 207 Å². The molecule has 0 radical (unpaired) electrons. The van der Waals surface area contributed by atoms with Gasteiger partial charge in [0.1, 0.15) is 6.61 Å². The second-order valence-corrected chi connectivity index (χ2v) is 9.22. The average molecular weight is 489 g/mol. The minimum Gasteiger partial charge on any atom is -0.483 e. The fraction of sp³-hybridized carbons (Fsp3) is 0.222. The maximum Gasteiger partial charge on any atom is 0.253 e. The normalized spacial score (nSPS) is 13.2. The Bertz CT molecular complexity index is 1290. The van der Waals surface area contributed by atoms with Gasteiger partial charge in [0.15, 0.2) is 22.5 Å². The number of para-hydroxylation sites is 2. The molecule has 1 aliphatic rings. The largest absolute Gasteiger partial charge is 0.483 e. The van der Waals surface area contributed by atoms with Crippen molar-refractivity contribution < 1.29 is 13.9 Å². The average Bonchev–Trinajstić information content (AvgIpc) is 3.58. The maximum atomic E-state index is 14.0. The van der Waals surface area contributed by atoms with Crippen molar-refractivity contribution in [2.45, 2.75) is 30.4 Å². The predicted octanol–water partition coefficient (Wildman–Crippen LogP) is 5.51. The van der Waals surface area contributed by atoms with Gasteiger partial charge in [0.25, 0.3) is 5.91 Å². The maximum absolute atomic E-state index is 14.0. The molecule has 0 saturated carbocycles. The summed E-state index contributed by atoms with van der Waals surface area (Å²) in [6, 6.07) is 23.8. The molecule has 1 saturated heterocycles. The summed E-state index contributed by atoms with van der Waals surface area (Å²) in [4.78, 5) is 14.5. The number of aromatic nitrogens is 3. The molecule has 1 amide bonds. The molecular formula is C27H25FN4O2S. The summed E-state index contributed by atoms with van der Waals surface area (Å²) in [6.07, 6.45) is 2.16. The van der Waals surface area contributed by atoms with Crippen LogP contribution in [0.5, 0.6) is 5.75 Å². The summed E-state index contributed by atoms with van der Waals surface area (Å²) in [6.45, 7) is 1.76. The first kappa shape index (κ1) is 23.1.